The molecular formula is C17H20N2O2. The number of aromatic nitrogens is 2. The van der Waals surface area contributed by atoms with Crippen LogP contribution in [0.15, 0.2) is 47.3 Å². The summed E-state index contributed by atoms with van der Waals surface area (Å²) in [4.78, 5) is 16.9. The van der Waals surface area contributed by atoms with Gasteiger partial charge in [0.15, 0.2) is 0 Å². The molecule has 1 heterocycles. The molecule has 1 fully saturated rings. The van der Waals surface area contributed by atoms with E-state index in [1.54, 1.807) is 0 Å². The molecule has 21 heavy (non-hydrogen) atoms. The highest BCUT2D eigenvalue weighted by Crippen LogP contribution is 2.34. The number of rotatable bonds is 4. The predicted molar refractivity (Wildman–Crippen MR) is 86.8 cm³/mol. The molecule has 110 valence electrons. The average Bonchev–Trinajstić information content (AvgIpc) is 3.25. The number of hydrogen-bond donors (Lipinski definition) is 2. The van der Waals surface area contributed by atoms with E-state index in [2.05, 4.69) is 9.97 Å². The second-order valence-electron chi connectivity index (χ2n) is 5.59. The number of nitrogens with one attached hydrogen (secondary N) is 2. The first-order valence-corrected chi connectivity index (χ1v) is 7.24. The summed E-state index contributed by atoms with van der Waals surface area (Å²) in [7, 11) is 0. The summed E-state index contributed by atoms with van der Waals surface area (Å²) >= 11 is 0. The quantitative estimate of drug-likeness (QED) is 0.765. The van der Waals surface area contributed by atoms with Crippen LogP contribution in [0.4, 0.5) is 0 Å². The first kappa shape index (κ1) is 12.3. The lowest BCUT2D eigenvalue weighted by molar-refractivity contribution is 0.301. The van der Waals surface area contributed by atoms with Gasteiger partial charge in [-0.05, 0) is 42.5 Å². The van der Waals surface area contributed by atoms with Crippen molar-refractivity contribution in [3.05, 3.63) is 52.9 Å². The van der Waals surface area contributed by atoms with Gasteiger partial charge in [-0.15, -0.1) is 0 Å². The molecular weight excluding hydrogens is 264 g/mol. The largest absolute Gasteiger partial charge is 0.493 e. The molecule has 4 nitrogen and oxygen atoms in total. The van der Waals surface area contributed by atoms with Crippen molar-refractivity contribution in [2.45, 2.75) is 12.8 Å². The Morgan fingerprint density at radius 2 is 1.90 bits per heavy atom. The Hall–Kier alpha value is -2.49. The molecule has 1 aliphatic rings. The Balaban J connectivity index is 0.000000960. The van der Waals surface area contributed by atoms with Gasteiger partial charge in [0.2, 0.25) is 0 Å². The number of fused-ring (bicyclic) bond motifs is 1. The van der Waals surface area contributed by atoms with Crippen molar-refractivity contribution in [3.8, 4) is 16.9 Å². The first-order chi connectivity index (χ1) is 10.3. The fourth-order valence-electron chi connectivity index (χ4n) is 2.52. The summed E-state index contributed by atoms with van der Waals surface area (Å²) in [6.45, 7) is 0.792. The predicted octanol–water partition coefficient (Wildman–Crippen LogP) is 3.80. The van der Waals surface area contributed by atoms with Gasteiger partial charge in [0.1, 0.15) is 5.75 Å². The maximum atomic E-state index is 11.4. The average molecular weight is 284 g/mol. The van der Waals surface area contributed by atoms with Crippen LogP contribution in [-0.4, -0.2) is 16.6 Å². The molecule has 1 aromatic heterocycles. The second kappa shape index (κ2) is 4.81. The highest BCUT2D eigenvalue weighted by atomic mass is 16.5. The maximum absolute atomic E-state index is 11.4. The first-order valence-electron chi connectivity index (χ1n) is 7.24. The van der Waals surface area contributed by atoms with Crippen LogP contribution in [0.5, 0.6) is 5.75 Å². The van der Waals surface area contributed by atoms with Crippen LogP contribution in [-0.2, 0) is 0 Å². The summed E-state index contributed by atoms with van der Waals surface area (Å²) in [5, 5.41) is 0. The van der Waals surface area contributed by atoms with E-state index >= 15 is 0 Å². The van der Waals surface area contributed by atoms with Crippen LogP contribution in [0.25, 0.3) is 22.2 Å². The number of ether oxygens (including phenoxy) is 1. The van der Waals surface area contributed by atoms with Gasteiger partial charge >= 0.3 is 5.69 Å². The monoisotopic (exact) mass is 284 g/mol. The maximum Gasteiger partial charge on any atom is 0.323 e. The third-order valence-corrected chi connectivity index (χ3v) is 3.89. The number of H-pyrrole nitrogens is 2. The Labute approximate surface area is 124 Å². The van der Waals surface area contributed by atoms with E-state index in [0.717, 1.165) is 40.4 Å². The molecule has 2 N–H and O–H groups in total. The molecule has 0 aliphatic heterocycles. The molecule has 0 unspecified atom stereocenters. The Morgan fingerprint density at radius 3 is 2.76 bits per heavy atom. The van der Waals surface area contributed by atoms with Gasteiger partial charge in [-0.3, -0.25) is 0 Å². The highest BCUT2D eigenvalue weighted by molar-refractivity contribution is 5.83. The van der Waals surface area contributed by atoms with E-state index in [0.29, 0.717) is 0 Å². The van der Waals surface area contributed by atoms with Crippen molar-refractivity contribution in [1.29, 1.82) is 0 Å². The molecule has 3 aromatic rings. The minimum absolute atomic E-state index is 0. The number of aromatic amines is 2. The summed E-state index contributed by atoms with van der Waals surface area (Å²) in [6.07, 6.45) is 2.55. The molecule has 0 atom stereocenters. The van der Waals surface area contributed by atoms with Gasteiger partial charge in [0.25, 0.3) is 0 Å². The summed E-state index contributed by atoms with van der Waals surface area (Å²) in [5.74, 6) is 1.63. The van der Waals surface area contributed by atoms with Crippen LogP contribution in [0.1, 0.15) is 15.7 Å². The summed E-state index contributed by atoms with van der Waals surface area (Å²) in [6, 6.07) is 13.9. The Morgan fingerprint density at radius 1 is 1.10 bits per heavy atom. The molecule has 1 aliphatic carbocycles. The zero-order valence-corrected chi connectivity index (χ0v) is 11.6. The van der Waals surface area contributed by atoms with E-state index in [1.807, 2.05) is 42.5 Å². The lowest BCUT2D eigenvalue weighted by Crippen LogP contribution is -2.00. The molecule has 0 amide bonds. The fourth-order valence-corrected chi connectivity index (χ4v) is 2.52. The summed E-state index contributed by atoms with van der Waals surface area (Å²) in [5.41, 5.74) is 3.56. The molecule has 0 spiro atoms. The third kappa shape index (κ3) is 2.44. The molecule has 0 saturated heterocycles. The third-order valence-electron chi connectivity index (χ3n) is 3.89. The molecule has 0 bridgehead atoms. The molecule has 0 radical (unpaired) electrons. The zero-order valence-electron chi connectivity index (χ0n) is 11.6. The number of imidazole rings is 1. The van der Waals surface area contributed by atoms with Gasteiger partial charge in [-0.25, -0.2) is 4.79 Å². The molecule has 2 aromatic carbocycles. The van der Waals surface area contributed by atoms with Crippen molar-refractivity contribution >= 4 is 11.0 Å². The van der Waals surface area contributed by atoms with Crippen LogP contribution < -0.4 is 10.4 Å². The van der Waals surface area contributed by atoms with E-state index < -0.39 is 0 Å². The van der Waals surface area contributed by atoms with Crippen molar-refractivity contribution in [2.24, 2.45) is 5.92 Å². The van der Waals surface area contributed by atoms with Crippen molar-refractivity contribution in [2.75, 3.05) is 6.61 Å². The minimum Gasteiger partial charge on any atom is -0.493 e. The molecule has 4 heteroatoms. The second-order valence-corrected chi connectivity index (χ2v) is 5.59. The van der Waals surface area contributed by atoms with E-state index in [-0.39, 0.29) is 8.54 Å². The van der Waals surface area contributed by atoms with Gasteiger partial charge in [-0.2, -0.15) is 0 Å². The minimum atomic E-state index is -0.180. The zero-order chi connectivity index (χ0) is 14.2. The number of hydrogen-bond acceptors (Lipinski definition) is 2. The number of para-hydroxylation sites is 1. The number of benzene rings is 2. The standard InChI is InChI=1S/C17H16N2O2.2H2/c20-17-18-14-8-7-12(9-15(14)19-17)13-3-1-2-4-16(13)21-10-11-5-6-11;;/h1-4,7-9,11H,5-6,10H2,(H2,18,19,20);2*1H. The van der Waals surface area contributed by atoms with E-state index in [9.17, 15) is 4.79 Å². The lowest BCUT2D eigenvalue weighted by Gasteiger charge is -2.11. The Kier molecular flexibility index (Phi) is 2.81. The van der Waals surface area contributed by atoms with Crippen molar-refractivity contribution in [1.82, 2.24) is 9.97 Å². The van der Waals surface area contributed by atoms with Crippen LogP contribution >= 0.6 is 0 Å². The van der Waals surface area contributed by atoms with Crippen molar-refractivity contribution < 1.29 is 7.59 Å². The fraction of sp³-hybridized carbons (Fsp3) is 0.235. The normalized spacial score (nSPS) is 14.5. The van der Waals surface area contributed by atoms with E-state index in [4.69, 9.17) is 4.74 Å². The van der Waals surface area contributed by atoms with Gasteiger partial charge in [-0.1, -0.05) is 24.3 Å². The van der Waals surface area contributed by atoms with E-state index in [1.165, 1.54) is 12.8 Å². The molecule has 1 saturated carbocycles. The van der Waals surface area contributed by atoms with Gasteiger partial charge in [0, 0.05) is 8.42 Å². The van der Waals surface area contributed by atoms with Crippen LogP contribution in [0.2, 0.25) is 0 Å². The van der Waals surface area contributed by atoms with Crippen molar-refractivity contribution in [3.63, 3.8) is 0 Å². The topological polar surface area (TPSA) is 57.9 Å². The Bertz CT molecular complexity index is 853. The summed E-state index contributed by atoms with van der Waals surface area (Å²) < 4.78 is 5.95. The smallest absolute Gasteiger partial charge is 0.323 e. The van der Waals surface area contributed by atoms with Crippen LogP contribution in [0, 0.1) is 5.92 Å². The lowest BCUT2D eigenvalue weighted by atomic mass is 10.0. The van der Waals surface area contributed by atoms with Crippen LogP contribution in [0.3, 0.4) is 0 Å². The SMILES string of the molecule is O=c1[nH]c2ccc(-c3ccccc3OCC3CC3)cc2[nH]1.[HH].[HH]. The van der Waals surface area contributed by atoms with Gasteiger partial charge in [0.05, 0.1) is 17.6 Å². The van der Waals surface area contributed by atoms with Gasteiger partial charge < -0.3 is 14.7 Å². The molecule has 4 rings (SSSR count). The highest BCUT2D eigenvalue weighted by Gasteiger charge is 2.22.